The highest BCUT2D eigenvalue weighted by molar-refractivity contribution is 8.03. The first-order chi connectivity index (χ1) is 9.56. The van der Waals surface area contributed by atoms with E-state index in [0.29, 0.717) is 17.3 Å². The number of amides is 1. The lowest BCUT2D eigenvalue weighted by Gasteiger charge is -2.26. The molecule has 1 heterocycles. The molecule has 0 radical (unpaired) electrons. The second-order valence-electron chi connectivity index (χ2n) is 5.03. The van der Waals surface area contributed by atoms with Gasteiger partial charge in [-0.1, -0.05) is 0 Å². The third kappa shape index (κ3) is 4.19. The Morgan fingerprint density at radius 1 is 1.50 bits per heavy atom. The molecule has 1 saturated heterocycles. The van der Waals surface area contributed by atoms with Crippen LogP contribution < -0.4 is 5.32 Å². The molecule has 2 rings (SSSR count). The number of nitrogens with zero attached hydrogens (tertiary/aromatic N) is 2. The number of hydrogen-bond acceptors (Lipinski definition) is 6. The highest BCUT2D eigenvalue weighted by Gasteiger charge is 2.27. The summed E-state index contributed by atoms with van der Waals surface area (Å²) in [5.41, 5.74) is 0. The quantitative estimate of drug-likeness (QED) is 0.581. The van der Waals surface area contributed by atoms with Gasteiger partial charge in [-0.3, -0.25) is 19.8 Å². The molecule has 2 N–H and O–H groups in total. The number of aliphatic hydroxyl groups excluding tert-OH is 1. The first kappa shape index (κ1) is 15.3. The number of nitrogens with one attached hydrogen (secondary N) is 1. The monoisotopic (exact) mass is 301 g/mol. The van der Waals surface area contributed by atoms with Crippen LogP contribution in [-0.4, -0.2) is 51.8 Å². The topological polar surface area (TPSA) is 95.7 Å². The van der Waals surface area contributed by atoms with E-state index in [0.717, 1.165) is 31.9 Å². The maximum Gasteiger partial charge on any atom is 0.264 e. The molecule has 1 aliphatic heterocycles. The molecule has 1 amide bonds. The van der Waals surface area contributed by atoms with Gasteiger partial charge >= 0.3 is 0 Å². The molecule has 0 aromatic rings. The molecule has 8 heteroatoms. The number of carbonyl (C=O) groups excluding carboxylic acids is 1. The summed E-state index contributed by atoms with van der Waals surface area (Å²) in [6.45, 7) is 0.713. The molecule has 112 valence electrons. The third-order valence-corrected chi connectivity index (χ3v) is 4.59. The van der Waals surface area contributed by atoms with E-state index in [-0.39, 0.29) is 24.6 Å². The van der Waals surface area contributed by atoms with Crippen molar-refractivity contribution in [2.24, 2.45) is 0 Å². The van der Waals surface area contributed by atoms with Crippen molar-refractivity contribution < 1.29 is 14.8 Å². The summed E-state index contributed by atoms with van der Waals surface area (Å²) in [6, 6.07) is 0.251. The molecular weight excluding hydrogens is 282 g/mol. The highest BCUT2D eigenvalue weighted by atomic mass is 32.2. The van der Waals surface area contributed by atoms with Crippen molar-refractivity contribution in [3.05, 3.63) is 21.3 Å². The van der Waals surface area contributed by atoms with Crippen LogP contribution in [-0.2, 0) is 4.79 Å². The summed E-state index contributed by atoms with van der Waals surface area (Å²) in [7, 11) is 0. The molecule has 2 aliphatic rings. The van der Waals surface area contributed by atoms with Crippen LogP contribution in [0.1, 0.15) is 25.7 Å². The average Bonchev–Trinajstić information content (AvgIpc) is 2.85. The molecule has 20 heavy (non-hydrogen) atoms. The third-order valence-electron chi connectivity index (χ3n) is 3.59. The largest absolute Gasteiger partial charge is 0.393 e. The van der Waals surface area contributed by atoms with Crippen LogP contribution in [0.4, 0.5) is 0 Å². The smallest absolute Gasteiger partial charge is 0.264 e. The van der Waals surface area contributed by atoms with Crippen LogP contribution in [0, 0.1) is 10.1 Å². The molecule has 0 bridgehead atoms. The van der Waals surface area contributed by atoms with E-state index < -0.39 is 4.92 Å². The number of aliphatic hydroxyl groups is 1. The summed E-state index contributed by atoms with van der Waals surface area (Å²) in [5.74, 6) is 0.565. The zero-order chi connectivity index (χ0) is 14.5. The molecule has 0 aromatic carbocycles. The number of rotatable bonds is 4. The van der Waals surface area contributed by atoms with E-state index in [1.54, 1.807) is 0 Å². The Bertz CT molecular complexity index is 408. The Morgan fingerprint density at radius 3 is 2.85 bits per heavy atom. The van der Waals surface area contributed by atoms with E-state index in [9.17, 15) is 20.0 Å². The Balaban J connectivity index is 1.81. The summed E-state index contributed by atoms with van der Waals surface area (Å²) in [5, 5.41) is 23.5. The first-order valence-electron chi connectivity index (χ1n) is 6.76. The minimum Gasteiger partial charge on any atom is -0.393 e. The average molecular weight is 301 g/mol. The van der Waals surface area contributed by atoms with Crippen molar-refractivity contribution in [2.75, 3.05) is 18.8 Å². The van der Waals surface area contributed by atoms with Crippen molar-refractivity contribution in [3.8, 4) is 0 Å². The second kappa shape index (κ2) is 7.05. The van der Waals surface area contributed by atoms with Gasteiger partial charge in [0.25, 0.3) is 6.20 Å². The van der Waals surface area contributed by atoms with Gasteiger partial charge in [0.05, 0.1) is 17.6 Å². The van der Waals surface area contributed by atoms with Crippen LogP contribution in [0.5, 0.6) is 0 Å². The Morgan fingerprint density at radius 2 is 2.20 bits per heavy atom. The second-order valence-corrected chi connectivity index (χ2v) is 6.15. The van der Waals surface area contributed by atoms with E-state index in [1.165, 1.54) is 16.7 Å². The minimum atomic E-state index is -0.524. The Hall–Kier alpha value is -1.12. The maximum absolute atomic E-state index is 12.1. The fourth-order valence-corrected chi connectivity index (χ4v) is 3.47. The lowest BCUT2D eigenvalue weighted by atomic mass is 9.93. The molecule has 7 nitrogen and oxygen atoms in total. The van der Waals surface area contributed by atoms with Crippen molar-refractivity contribution in [1.29, 1.82) is 0 Å². The van der Waals surface area contributed by atoms with Gasteiger partial charge in [0.15, 0.2) is 0 Å². The lowest BCUT2D eigenvalue weighted by Crippen LogP contribution is -2.42. The fourth-order valence-electron chi connectivity index (χ4n) is 2.48. The molecule has 0 spiro atoms. The van der Waals surface area contributed by atoms with Crippen LogP contribution in [0.2, 0.25) is 0 Å². The Labute approximate surface area is 121 Å². The summed E-state index contributed by atoms with van der Waals surface area (Å²) < 4.78 is 0. The van der Waals surface area contributed by atoms with Crippen molar-refractivity contribution >= 4 is 17.7 Å². The standard InChI is InChI=1S/C12H19N3O4S/c16-10-3-1-9(2-4-10)13-7-11(17)14-5-6-20-12(14)8-15(18)19/h8-10,13,16H,1-7H2/b12-8-. The lowest BCUT2D eigenvalue weighted by molar-refractivity contribution is -0.403. The summed E-state index contributed by atoms with van der Waals surface area (Å²) >= 11 is 1.33. The number of hydrogen-bond donors (Lipinski definition) is 2. The molecule has 1 aliphatic carbocycles. The summed E-state index contributed by atoms with van der Waals surface area (Å²) in [4.78, 5) is 23.5. The van der Waals surface area contributed by atoms with E-state index >= 15 is 0 Å². The molecule has 0 aromatic heterocycles. The predicted molar refractivity (Wildman–Crippen MR) is 75.5 cm³/mol. The molecule has 0 atom stereocenters. The van der Waals surface area contributed by atoms with Crippen molar-refractivity contribution in [1.82, 2.24) is 10.2 Å². The number of carbonyl (C=O) groups is 1. The van der Waals surface area contributed by atoms with Crippen LogP contribution in [0.3, 0.4) is 0 Å². The first-order valence-corrected chi connectivity index (χ1v) is 7.74. The maximum atomic E-state index is 12.1. The zero-order valence-corrected chi connectivity index (χ0v) is 12.0. The minimum absolute atomic E-state index is 0.130. The normalized spacial score (nSPS) is 28.9. The van der Waals surface area contributed by atoms with Gasteiger partial charge in [-0.25, -0.2) is 0 Å². The van der Waals surface area contributed by atoms with E-state index in [1.807, 2.05) is 0 Å². The van der Waals surface area contributed by atoms with Gasteiger partial charge in [0.2, 0.25) is 5.91 Å². The van der Waals surface area contributed by atoms with Crippen molar-refractivity contribution in [3.63, 3.8) is 0 Å². The molecule has 1 saturated carbocycles. The van der Waals surface area contributed by atoms with Crippen LogP contribution in [0.25, 0.3) is 0 Å². The van der Waals surface area contributed by atoms with Gasteiger partial charge in [-0.2, -0.15) is 0 Å². The molecular formula is C12H19N3O4S. The fraction of sp³-hybridized carbons (Fsp3) is 0.750. The highest BCUT2D eigenvalue weighted by Crippen LogP contribution is 2.27. The molecule has 0 unspecified atom stereocenters. The van der Waals surface area contributed by atoms with Gasteiger partial charge in [-0.05, 0) is 25.7 Å². The number of thioether (sulfide) groups is 1. The number of nitro groups is 1. The van der Waals surface area contributed by atoms with Gasteiger partial charge in [0.1, 0.15) is 5.03 Å². The Kier molecular flexibility index (Phi) is 5.38. The van der Waals surface area contributed by atoms with E-state index in [4.69, 9.17) is 0 Å². The van der Waals surface area contributed by atoms with E-state index in [2.05, 4.69) is 5.32 Å². The SMILES string of the molecule is O=C(CNC1CCC(O)CC1)N1CCS/C1=C\[N+](=O)[O-]. The van der Waals surface area contributed by atoms with Gasteiger partial charge < -0.3 is 10.4 Å². The van der Waals surface area contributed by atoms with Crippen LogP contribution in [0.15, 0.2) is 11.2 Å². The zero-order valence-electron chi connectivity index (χ0n) is 11.2. The predicted octanol–water partition coefficient (Wildman–Crippen LogP) is 0.531. The van der Waals surface area contributed by atoms with Crippen molar-refractivity contribution in [2.45, 2.75) is 37.8 Å². The van der Waals surface area contributed by atoms with Gasteiger partial charge in [-0.15, -0.1) is 11.8 Å². The van der Waals surface area contributed by atoms with Gasteiger partial charge in [0, 0.05) is 18.3 Å². The summed E-state index contributed by atoms with van der Waals surface area (Å²) in [6.07, 6.45) is 3.93. The molecule has 2 fully saturated rings. The van der Waals surface area contributed by atoms with Crippen LogP contribution >= 0.6 is 11.8 Å².